The monoisotopic (exact) mass is 366 g/mol. The number of carbonyl (C=O) groups is 1. The van der Waals surface area contributed by atoms with Crippen molar-refractivity contribution < 1.29 is 19.0 Å². The third kappa shape index (κ3) is 4.11. The van der Waals surface area contributed by atoms with Crippen LogP contribution in [0.2, 0.25) is 0 Å². The molecule has 1 N–H and O–H groups in total. The lowest BCUT2D eigenvalue weighted by Gasteiger charge is -2.14. The molecule has 0 bridgehead atoms. The molecule has 0 atom stereocenters. The molecule has 6 nitrogen and oxygen atoms in total. The zero-order valence-corrected chi connectivity index (χ0v) is 15.6. The van der Waals surface area contributed by atoms with Crippen LogP contribution in [0.1, 0.15) is 12.0 Å². The van der Waals surface area contributed by atoms with Gasteiger partial charge in [-0.3, -0.25) is 9.78 Å². The van der Waals surface area contributed by atoms with Gasteiger partial charge in [0.25, 0.3) is 0 Å². The van der Waals surface area contributed by atoms with E-state index in [2.05, 4.69) is 10.3 Å². The number of carbonyl (C=O) groups excluding carboxylic acids is 1. The van der Waals surface area contributed by atoms with Crippen molar-refractivity contribution >= 4 is 22.5 Å². The predicted octanol–water partition coefficient (Wildman–Crippen LogP) is 3.83. The van der Waals surface area contributed by atoms with E-state index in [4.69, 9.17) is 14.2 Å². The van der Waals surface area contributed by atoms with Gasteiger partial charge < -0.3 is 19.5 Å². The number of nitrogens with zero attached hydrogens (tertiary/aromatic N) is 1. The molecule has 0 aliphatic heterocycles. The van der Waals surface area contributed by atoms with E-state index in [0.29, 0.717) is 35.8 Å². The number of hydrogen-bond donors (Lipinski definition) is 1. The van der Waals surface area contributed by atoms with Crippen LogP contribution in [0.5, 0.6) is 17.2 Å². The minimum Gasteiger partial charge on any atom is -0.493 e. The minimum absolute atomic E-state index is 0.0816. The lowest BCUT2D eigenvalue weighted by atomic mass is 10.1. The summed E-state index contributed by atoms with van der Waals surface area (Å²) in [6, 6.07) is 13.3. The highest BCUT2D eigenvalue weighted by atomic mass is 16.5. The Morgan fingerprint density at radius 1 is 1.00 bits per heavy atom. The highest BCUT2D eigenvalue weighted by Gasteiger charge is 2.14. The summed E-state index contributed by atoms with van der Waals surface area (Å²) in [6.07, 6.45) is 2.58. The molecule has 2 aromatic carbocycles. The SMILES string of the molecule is COc1cc(CCC(=O)Nc2cccc3cccnc23)cc(OC)c1OC. The molecule has 140 valence electrons. The average molecular weight is 366 g/mol. The zero-order chi connectivity index (χ0) is 19.2. The number of amides is 1. The number of aromatic nitrogens is 1. The summed E-state index contributed by atoms with van der Waals surface area (Å²) >= 11 is 0. The van der Waals surface area contributed by atoms with E-state index in [-0.39, 0.29) is 5.91 Å². The van der Waals surface area contributed by atoms with Crippen molar-refractivity contribution in [2.45, 2.75) is 12.8 Å². The number of aryl methyl sites for hydroxylation is 1. The number of methoxy groups -OCH3 is 3. The van der Waals surface area contributed by atoms with Crippen LogP contribution in [0.4, 0.5) is 5.69 Å². The van der Waals surface area contributed by atoms with Crippen molar-refractivity contribution in [3.63, 3.8) is 0 Å². The maximum Gasteiger partial charge on any atom is 0.224 e. The van der Waals surface area contributed by atoms with Gasteiger partial charge in [0.05, 0.1) is 32.5 Å². The van der Waals surface area contributed by atoms with Crippen molar-refractivity contribution in [1.82, 2.24) is 4.98 Å². The van der Waals surface area contributed by atoms with E-state index in [1.54, 1.807) is 27.5 Å². The Balaban J connectivity index is 1.72. The normalized spacial score (nSPS) is 10.5. The van der Waals surface area contributed by atoms with Gasteiger partial charge in [-0.25, -0.2) is 0 Å². The number of hydrogen-bond acceptors (Lipinski definition) is 5. The second-order valence-electron chi connectivity index (χ2n) is 5.96. The molecule has 0 unspecified atom stereocenters. The standard InChI is InChI=1S/C21H22N2O4/c1-25-17-12-14(13-18(26-2)21(17)27-3)9-10-19(24)23-16-8-4-6-15-7-5-11-22-20(15)16/h4-8,11-13H,9-10H2,1-3H3,(H,23,24). The molecule has 0 saturated carbocycles. The van der Waals surface area contributed by atoms with Gasteiger partial charge in [-0.1, -0.05) is 18.2 Å². The first-order valence-electron chi connectivity index (χ1n) is 8.58. The first kappa shape index (κ1) is 18.5. The third-order valence-corrected chi connectivity index (χ3v) is 4.27. The Labute approximate surface area is 158 Å². The Morgan fingerprint density at radius 3 is 2.37 bits per heavy atom. The van der Waals surface area contributed by atoms with Crippen LogP contribution in [-0.4, -0.2) is 32.2 Å². The van der Waals surface area contributed by atoms with Gasteiger partial charge in [-0.05, 0) is 36.2 Å². The van der Waals surface area contributed by atoms with Crippen LogP contribution in [-0.2, 0) is 11.2 Å². The number of para-hydroxylation sites is 1. The number of fused-ring (bicyclic) bond motifs is 1. The second-order valence-corrected chi connectivity index (χ2v) is 5.96. The first-order valence-corrected chi connectivity index (χ1v) is 8.58. The quantitative estimate of drug-likeness (QED) is 0.688. The zero-order valence-electron chi connectivity index (χ0n) is 15.6. The predicted molar refractivity (Wildman–Crippen MR) is 105 cm³/mol. The molecule has 1 heterocycles. The summed E-state index contributed by atoms with van der Waals surface area (Å²) in [5.74, 6) is 1.60. The molecular weight excluding hydrogens is 344 g/mol. The Morgan fingerprint density at radius 2 is 1.70 bits per heavy atom. The van der Waals surface area contributed by atoms with E-state index >= 15 is 0 Å². The van der Waals surface area contributed by atoms with Crippen LogP contribution in [0, 0.1) is 0 Å². The summed E-state index contributed by atoms with van der Waals surface area (Å²) in [5, 5.41) is 3.93. The molecular formula is C21H22N2O4. The van der Waals surface area contributed by atoms with Gasteiger partial charge in [0.15, 0.2) is 11.5 Å². The summed E-state index contributed by atoms with van der Waals surface area (Å²) in [5.41, 5.74) is 2.42. The van der Waals surface area contributed by atoms with Crippen molar-refractivity contribution in [3.05, 3.63) is 54.2 Å². The summed E-state index contributed by atoms with van der Waals surface area (Å²) in [6.45, 7) is 0. The molecule has 0 spiro atoms. The van der Waals surface area contributed by atoms with Crippen LogP contribution in [0.3, 0.4) is 0 Å². The van der Waals surface area contributed by atoms with E-state index in [1.807, 2.05) is 42.5 Å². The summed E-state index contributed by atoms with van der Waals surface area (Å²) < 4.78 is 16.0. The molecule has 0 radical (unpaired) electrons. The molecule has 6 heteroatoms. The minimum atomic E-state index is -0.0816. The number of nitrogens with one attached hydrogen (secondary N) is 1. The molecule has 0 aliphatic rings. The second kappa shape index (κ2) is 8.40. The van der Waals surface area contributed by atoms with Crippen LogP contribution < -0.4 is 19.5 Å². The Hall–Kier alpha value is -3.28. The molecule has 0 fully saturated rings. The maximum absolute atomic E-state index is 12.4. The Kier molecular flexibility index (Phi) is 5.76. The summed E-state index contributed by atoms with van der Waals surface area (Å²) in [4.78, 5) is 16.8. The van der Waals surface area contributed by atoms with Gasteiger partial charge in [0.2, 0.25) is 11.7 Å². The lowest BCUT2D eigenvalue weighted by molar-refractivity contribution is -0.116. The van der Waals surface area contributed by atoms with E-state index in [9.17, 15) is 4.79 Å². The van der Waals surface area contributed by atoms with Gasteiger partial charge in [-0.2, -0.15) is 0 Å². The van der Waals surface area contributed by atoms with Crippen LogP contribution >= 0.6 is 0 Å². The van der Waals surface area contributed by atoms with Crippen molar-refractivity contribution in [2.75, 3.05) is 26.6 Å². The number of rotatable bonds is 7. The topological polar surface area (TPSA) is 69.7 Å². The van der Waals surface area contributed by atoms with E-state index in [1.165, 1.54) is 0 Å². The smallest absolute Gasteiger partial charge is 0.224 e. The lowest BCUT2D eigenvalue weighted by Crippen LogP contribution is -2.13. The number of pyridine rings is 1. The van der Waals surface area contributed by atoms with E-state index in [0.717, 1.165) is 16.5 Å². The fourth-order valence-corrected chi connectivity index (χ4v) is 2.96. The Bertz CT molecular complexity index is 926. The fourth-order valence-electron chi connectivity index (χ4n) is 2.96. The number of ether oxygens (including phenoxy) is 3. The molecule has 3 rings (SSSR count). The highest BCUT2D eigenvalue weighted by Crippen LogP contribution is 2.38. The molecule has 1 aromatic heterocycles. The number of benzene rings is 2. The van der Waals surface area contributed by atoms with Gasteiger partial charge in [0, 0.05) is 18.0 Å². The van der Waals surface area contributed by atoms with Crippen molar-refractivity contribution in [2.24, 2.45) is 0 Å². The van der Waals surface area contributed by atoms with Crippen molar-refractivity contribution in [3.8, 4) is 17.2 Å². The maximum atomic E-state index is 12.4. The molecule has 27 heavy (non-hydrogen) atoms. The fraction of sp³-hybridized carbons (Fsp3) is 0.238. The first-order chi connectivity index (χ1) is 13.2. The third-order valence-electron chi connectivity index (χ3n) is 4.27. The van der Waals surface area contributed by atoms with Crippen LogP contribution in [0.25, 0.3) is 10.9 Å². The number of anilines is 1. The summed E-state index contributed by atoms with van der Waals surface area (Å²) in [7, 11) is 4.70. The highest BCUT2D eigenvalue weighted by molar-refractivity contribution is 6.00. The molecule has 0 saturated heterocycles. The van der Waals surface area contributed by atoms with Gasteiger partial charge >= 0.3 is 0 Å². The molecule has 0 aliphatic carbocycles. The molecule has 3 aromatic rings. The molecule has 1 amide bonds. The van der Waals surface area contributed by atoms with Crippen molar-refractivity contribution in [1.29, 1.82) is 0 Å². The van der Waals surface area contributed by atoms with Gasteiger partial charge in [0.1, 0.15) is 0 Å². The average Bonchev–Trinajstić information content (AvgIpc) is 2.71. The van der Waals surface area contributed by atoms with E-state index < -0.39 is 0 Å². The van der Waals surface area contributed by atoms with Crippen LogP contribution in [0.15, 0.2) is 48.7 Å². The van der Waals surface area contributed by atoms with Gasteiger partial charge in [-0.15, -0.1) is 0 Å². The largest absolute Gasteiger partial charge is 0.493 e.